The first-order valence-electron chi connectivity index (χ1n) is 13.0. The number of aliphatic hydroxyl groups is 1. The largest absolute Gasteiger partial charge is 0.462 e. The molecule has 0 aromatic heterocycles. The van der Waals surface area contributed by atoms with Gasteiger partial charge in [-0.2, -0.15) is 0 Å². The Labute approximate surface area is 199 Å². The average molecular weight is 468 g/mol. The van der Waals surface area contributed by atoms with E-state index in [1.165, 1.54) is 44.9 Å². The van der Waals surface area contributed by atoms with E-state index in [2.05, 4.69) is 24.4 Å². The fourth-order valence-corrected chi connectivity index (χ4v) is 3.83. The summed E-state index contributed by atoms with van der Waals surface area (Å²) in [5, 5.41) is 12.7. The van der Waals surface area contributed by atoms with Crippen LogP contribution in [0.1, 0.15) is 117 Å². The maximum atomic E-state index is 12.1. The third kappa shape index (κ3) is 12.2. The SMILES string of the molecule is CCCCCCCC/C=C\CCCCCCCC(=O)OC1CC(=O)NC1(O)C(=O)OCCC. The molecule has 0 aliphatic carbocycles. The highest BCUT2D eigenvalue weighted by atomic mass is 16.6. The van der Waals surface area contributed by atoms with E-state index in [9.17, 15) is 19.5 Å². The number of nitrogens with one attached hydrogen (secondary N) is 1. The molecular weight excluding hydrogens is 422 g/mol. The maximum absolute atomic E-state index is 12.1. The molecule has 1 amide bonds. The van der Waals surface area contributed by atoms with Crippen molar-refractivity contribution in [1.82, 2.24) is 5.32 Å². The normalized spacial score (nSPS) is 20.2. The highest BCUT2D eigenvalue weighted by Crippen LogP contribution is 2.24. The van der Waals surface area contributed by atoms with Gasteiger partial charge < -0.3 is 19.9 Å². The van der Waals surface area contributed by atoms with Crippen molar-refractivity contribution in [2.45, 2.75) is 128 Å². The molecule has 1 fully saturated rings. The van der Waals surface area contributed by atoms with Crippen LogP contribution in [0.3, 0.4) is 0 Å². The summed E-state index contributed by atoms with van der Waals surface area (Å²) in [5.41, 5.74) is -2.30. The average Bonchev–Trinajstić information content (AvgIpc) is 3.08. The van der Waals surface area contributed by atoms with Gasteiger partial charge in [-0.15, -0.1) is 0 Å². The zero-order chi connectivity index (χ0) is 24.4. The van der Waals surface area contributed by atoms with Gasteiger partial charge in [-0.05, 0) is 38.5 Å². The smallest absolute Gasteiger partial charge is 0.363 e. The number of ether oxygens (including phenoxy) is 2. The van der Waals surface area contributed by atoms with Gasteiger partial charge in [-0.3, -0.25) is 9.59 Å². The Morgan fingerprint density at radius 2 is 1.52 bits per heavy atom. The lowest BCUT2D eigenvalue weighted by atomic mass is 10.1. The van der Waals surface area contributed by atoms with Crippen LogP contribution in [0.4, 0.5) is 0 Å². The van der Waals surface area contributed by atoms with E-state index in [0.29, 0.717) is 12.8 Å². The van der Waals surface area contributed by atoms with Crippen molar-refractivity contribution in [3.05, 3.63) is 12.2 Å². The van der Waals surface area contributed by atoms with Crippen molar-refractivity contribution >= 4 is 17.8 Å². The second-order valence-electron chi connectivity index (χ2n) is 8.97. The van der Waals surface area contributed by atoms with Gasteiger partial charge in [-0.1, -0.05) is 77.4 Å². The monoisotopic (exact) mass is 467 g/mol. The Morgan fingerprint density at radius 1 is 0.939 bits per heavy atom. The fourth-order valence-electron chi connectivity index (χ4n) is 3.83. The third-order valence-electron chi connectivity index (χ3n) is 5.83. The summed E-state index contributed by atoms with van der Waals surface area (Å²) in [6, 6.07) is 0. The molecule has 1 heterocycles. The Morgan fingerprint density at radius 3 is 2.12 bits per heavy atom. The molecule has 0 saturated carbocycles. The Kier molecular flexibility index (Phi) is 15.5. The van der Waals surface area contributed by atoms with Crippen molar-refractivity contribution < 1.29 is 29.0 Å². The second kappa shape index (κ2) is 17.6. The van der Waals surface area contributed by atoms with Crippen LogP contribution in [0.2, 0.25) is 0 Å². The lowest BCUT2D eigenvalue weighted by Crippen LogP contribution is -2.57. The molecule has 0 aromatic carbocycles. The number of amides is 1. The van der Waals surface area contributed by atoms with Crippen molar-refractivity contribution in [2.75, 3.05) is 6.61 Å². The van der Waals surface area contributed by atoms with E-state index in [-0.39, 0.29) is 19.4 Å². The Balaban J connectivity index is 2.09. The number of allylic oxidation sites excluding steroid dienone is 2. The van der Waals surface area contributed by atoms with Crippen LogP contribution in [0, 0.1) is 0 Å². The third-order valence-corrected chi connectivity index (χ3v) is 5.83. The van der Waals surface area contributed by atoms with E-state index in [1.807, 2.05) is 6.92 Å². The molecule has 1 saturated heterocycles. The van der Waals surface area contributed by atoms with Crippen LogP contribution in [0.15, 0.2) is 12.2 Å². The van der Waals surface area contributed by atoms with Gasteiger partial charge in [0.2, 0.25) is 5.91 Å². The predicted molar refractivity (Wildman–Crippen MR) is 128 cm³/mol. The summed E-state index contributed by atoms with van der Waals surface area (Å²) in [7, 11) is 0. The number of rotatable bonds is 19. The first-order valence-corrected chi connectivity index (χ1v) is 13.0. The van der Waals surface area contributed by atoms with Crippen LogP contribution in [-0.4, -0.2) is 41.4 Å². The van der Waals surface area contributed by atoms with E-state index in [0.717, 1.165) is 32.1 Å². The Hall–Kier alpha value is -1.89. The van der Waals surface area contributed by atoms with Gasteiger partial charge in [0.25, 0.3) is 5.72 Å². The molecule has 0 spiro atoms. The van der Waals surface area contributed by atoms with E-state index in [1.54, 1.807) is 0 Å². The molecule has 190 valence electrons. The lowest BCUT2D eigenvalue weighted by Gasteiger charge is -2.26. The summed E-state index contributed by atoms with van der Waals surface area (Å²) >= 11 is 0. The number of unbranched alkanes of at least 4 members (excludes halogenated alkanes) is 11. The quantitative estimate of drug-likeness (QED) is 0.156. The van der Waals surface area contributed by atoms with Crippen LogP contribution < -0.4 is 5.32 Å². The molecule has 2 unspecified atom stereocenters. The lowest BCUT2D eigenvalue weighted by molar-refractivity contribution is -0.187. The van der Waals surface area contributed by atoms with E-state index in [4.69, 9.17) is 9.47 Å². The zero-order valence-electron chi connectivity index (χ0n) is 20.7. The highest BCUT2D eigenvalue weighted by molar-refractivity contribution is 5.92. The molecule has 1 aliphatic heterocycles. The molecule has 0 bridgehead atoms. The second-order valence-corrected chi connectivity index (χ2v) is 8.97. The summed E-state index contributed by atoms with van der Waals surface area (Å²) in [4.78, 5) is 35.9. The molecule has 2 atom stereocenters. The van der Waals surface area contributed by atoms with E-state index >= 15 is 0 Å². The minimum atomic E-state index is -2.30. The van der Waals surface area contributed by atoms with Gasteiger partial charge in [-0.25, -0.2) is 4.79 Å². The standard InChI is InChI=1S/C26H45NO6/c1-3-5-6-7-8-9-10-11-12-13-14-15-16-17-18-19-24(29)33-22-21-23(28)27-26(22,31)25(30)32-20-4-2/h11-12,22,31H,3-10,13-21H2,1-2H3,(H,27,28)/b12-11-. The number of carbonyl (C=O) groups is 3. The molecule has 33 heavy (non-hydrogen) atoms. The molecular formula is C26H45NO6. The van der Waals surface area contributed by atoms with E-state index < -0.39 is 29.7 Å². The molecule has 7 heteroatoms. The number of hydrogen-bond donors (Lipinski definition) is 2. The minimum absolute atomic E-state index is 0.118. The Bertz CT molecular complexity index is 606. The highest BCUT2D eigenvalue weighted by Gasteiger charge is 2.55. The summed E-state index contributed by atoms with van der Waals surface area (Å²) in [6.45, 7) is 4.18. The predicted octanol–water partition coefficient (Wildman–Crippen LogP) is 5.10. The number of esters is 2. The molecule has 0 aromatic rings. The summed E-state index contributed by atoms with van der Waals surface area (Å²) in [5.74, 6) is -2.06. The van der Waals surface area contributed by atoms with Gasteiger partial charge >= 0.3 is 11.9 Å². The maximum Gasteiger partial charge on any atom is 0.363 e. The summed E-state index contributed by atoms with van der Waals surface area (Å²) in [6.07, 6.45) is 19.1. The van der Waals surface area contributed by atoms with Crippen molar-refractivity contribution in [3.63, 3.8) is 0 Å². The molecule has 2 N–H and O–H groups in total. The van der Waals surface area contributed by atoms with Gasteiger partial charge in [0.15, 0.2) is 6.10 Å². The van der Waals surface area contributed by atoms with Gasteiger partial charge in [0.1, 0.15) is 0 Å². The zero-order valence-corrected chi connectivity index (χ0v) is 20.7. The summed E-state index contributed by atoms with van der Waals surface area (Å²) < 4.78 is 10.2. The van der Waals surface area contributed by atoms with Crippen LogP contribution in [0.5, 0.6) is 0 Å². The van der Waals surface area contributed by atoms with Crippen molar-refractivity contribution in [2.24, 2.45) is 0 Å². The van der Waals surface area contributed by atoms with Crippen LogP contribution in [0.25, 0.3) is 0 Å². The molecule has 1 rings (SSSR count). The first-order chi connectivity index (χ1) is 15.9. The minimum Gasteiger partial charge on any atom is -0.462 e. The van der Waals surface area contributed by atoms with Crippen molar-refractivity contribution in [1.29, 1.82) is 0 Å². The molecule has 0 radical (unpaired) electrons. The molecule has 1 aliphatic rings. The first kappa shape index (κ1) is 29.1. The molecule has 7 nitrogen and oxygen atoms in total. The van der Waals surface area contributed by atoms with Gasteiger partial charge in [0, 0.05) is 6.42 Å². The van der Waals surface area contributed by atoms with Crippen LogP contribution in [-0.2, 0) is 23.9 Å². The van der Waals surface area contributed by atoms with Crippen LogP contribution >= 0.6 is 0 Å². The topological polar surface area (TPSA) is 102 Å². The van der Waals surface area contributed by atoms with Crippen molar-refractivity contribution in [3.8, 4) is 0 Å². The number of hydrogen-bond acceptors (Lipinski definition) is 6. The van der Waals surface area contributed by atoms with Gasteiger partial charge in [0.05, 0.1) is 13.0 Å². The fraction of sp³-hybridized carbons (Fsp3) is 0.808. The number of carbonyl (C=O) groups excluding carboxylic acids is 3.